The number of rotatable bonds is 4. The van der Waals surface area contributed by atoms with Crippen molar-refractivity contribution < 1.29 is 31.5 Å². The van der Waals surface area contributed by atoms with E-state index >= 15 is 0 Å². The molecule has 1 aromatic rings. The number of amides is 1. The van der Waals surface area contributed by atoms with Crippen molar-refractivity contribution in [1.29, 1.82) is 0 Å². The zero-order valence-electron chi connectivity index (χ0n) is 23.3. The zero-order chi connectivity index (χ0) is 28.6. The second-order valence-corrected chi connectivity index (χ2v) is 12.5. The number of aromatic nitrogens is 2. The van der Waals surface area contributed by atoms with Crippen LogP contribution >= 0.6 is 0 Å². The van der Waals surface area contributed by atoms with Crippen molar-refractivity contribution in [3.05, 3.63) is 11.9 Å². The Kier molecular flexibility index (Phi) is 8.25. The second-order valence-electron chi connectivity index (χ2n) is 12.5. The van der Waals surface area contributed by atoms with Crippen molar-refractivity contribution in [2.24, 2.45) is 11.3 Å². The van der Waals surface area contributed by atoms with Gasteiger partial charge in [-0.25, -0.2) is 23.5 Å². The lowest BCUT2D eigenvalue weighted by atomic mass is 9.69. The summed E-state index contributed by atoms with van der Waals surface area (Å²) in [6, 6.07) is 1.48. The van der Waals surface area contributed by atoms with Gasteiger partial charge in [0.25, 0.3) is 5.92 Å². The minimum absolute atomic E-state index is 0.0687. The molecule has 1 aliphatic carbocycles. The van der Waals surface area contributed by atoms with E-state index in [4.69, 9.17) is 4.74 Å². The molecule has 1 aromatic heterocycles. The van der Waals surface area contributed by atoms with E-state index in [-0.39, 0.29) is 36.7 Å². The third-order valence-corrected chi connectivity index (χ3v) is 8.14. The SMILES string of the molecule is CN(CC1CN(C(=O)OC(C)(C)C)CCC1(F)F)c1cc(N2CCCC3(CCCCC3)C2)nc(C(F)(F)F)n1. The lowest BCUT2D eigenvalue weighted by Crippen LogP contribution is -2.53. The number of piperidine rings is 2. The van der Waals surface area contributed by atoms with E-state index in [0.29, 0.717) is 13.1 Å². The molecular formula is C27H40F5N5O2. The summed E-state index contributed by atoms with van der Waals surface area (Å²) in [6.07, 6.45) is 1.43. The first-order valence-electron chi connectivity index (χ1n) is 13.9. The Labute approximate surface area is 227 Å². The van der Waals surface area contributed by atoms with Crippen LogP contribution in [0.5, 0.6) is 0 Å². The molecule has 0 aromatic carbocycles. The van der Waals surface area contributed by atoms with Crippen molar-refractivity contribution in [2.45, 2.75) is 89.8 Å². The molecule has 2 aliphatic heterocycles. The van der Waals surface area contributed by atoms with Crippen LogP contribution in [0.4, 0.5) is 38.4 Å². The number of carbonyl (C=O) groups excluding carboxylic acids is 1. The van der Waals surface area contributed by atoms with Gasteiger partial charge in [-0.1, -0.05) is 19.3 Å². The molecule has 0 bridgehead atoms. The maximum atomic E-state index is 14.9. The molecule has 39 heavy (non-hydrogen) atoms. The average molecular weight is 562 g/mol. The van der Waals surface area contributed by atoms with Crippen LogP contribution < -0.4 is 9.80 Å². The summed E-state index contributed by atoms with van der Waals surface area (Å²) in [5.41, 5.74) is -0.694. The number of carbonyl (C=O) groups is 1. The highest BCUT2D eigenvalue weighted by molar-refractivity contribution is 5.68. The van der Waals surface area contributed by atoms with E-state index in [9.17, 15) is 26.7 Å². The number of alkyl halides is 5. The molecule has 1 saturated carbocycles. The minimum atomic E-state index is -4.79. The summed E-state index contributed by atoms with van der Waals surface area (Å²) in [5.74, 6) is -5.58. The summed E-state index contributed by atoms with van der Waals surface area (Å²) in [7, 11) is 1.45. The van der Waals surface area contributed by atoms with Crippen LogP contribution in [0.2, 0.25) is 0 Å². The maximum Gasteiger partial charge on any atom is 0.451 e. The number of likely N-dealkylation sites (tertiary alicyclic amines) is 1. The molecule has 12 heteroatoms. The van der Waals surface area contributed by atoms with Crippen molar-refractivity contribution in [1.82, 2.24) is 14.9 Å². The second kappa shape index (κ2) is 10.9. The normalized spacial score (nSPS) is 23.6. The fourth-order valence-electron chi connectivity index (χ4n) is 6.11. The molecule has 3 aliphatic rings. The third kappa shape index (κ3) is 7.22. The van der Waals surface area contributed by atoms with Gasteiger partial charge in [0.1, 0.15) is 17.2 Å². The molecule has 0 radical (unpaired) electrons. The Balaban J connectivity index is 1.56. The quantitative estimate of drug-likeness (QED) is 0.398. The fourth-order valence-corrected chi connectivity index (χ4v) is 6.11. The Hall–Kier alpha value is -2.40. The monoisotopic (exact) mass is 561 g/mol. The van der Waals surface area contributed by atoms with Crippen LogP contribution in [-0.4, -0.2) is 72.3 Å². The van der Waals surface area contributed by atoms with Crippen LogP contribution in [0.25, 0.3) is 0 Å². The van der Waals surface area contributed by atoms with Gasteiger partial charge in [0.15, 0.2) is 0 Å². The highest BCUT2D eigenvalue weighted by Gasteiger charge is 2.47. The average Bonchev–Trinajstić information content (AvgIpc) is 2.84. The number of ether oxygens (including phenoxy) is 1. The van der Waals surface area contributed by atoms with Crippen molar-refractivity contribution >= 4 is 17.7 Å². The van der Waals surface area contributed by atoms with E-state index in [1.165, 1.54) is 29.3 Å². The molecule has 4 rings (SSSR count). The minimum Gasteiger partial charge on any atom is -0.444 e. The first-order valence-corrected chi connectivity index (χ1v) is 13.9. The predicted octanol–water partition coefficient (Wildman–Crippen LogP) is 6.37. The molecule has 3 fully saturated rings. The van der Waals surface area contributed by atoms with Gasteiger partial charge in [-0.05, 0) is 51.9 Å². The Morgan fingerprint density at radius 1 is 1.05 bits per heavy atom. The van der Waals surface area contributed by atoms with Gasteiger partial charge in [0, 0.05) is 52.3 Å². The highest BCUT2D eigenvalue weighted by atomic mass is 19.4. The van der Waals surface area contributed by atoms with Gasteiger partial charge in [0.2, 0.25) is 5.82 Å². The Morgan fingerprint density at radius 2 is 1.72 bits per heavy atom. The van der Waals surface area contributed by atoms with Crippen LogP contribution in [0.1, 0.15) is 78.0 Å². The topological polar surface area (TPSA) is 61.8 Å². The summed E-state index contributed by atoms with van der Waals surface area (Å²) in [4.78, 5) is 24.6. The van der Waals surface area contributed by atoms with Gasteiger partial charge in [0.05, 0.1) is 5.92 Å². The summed E-state index contributed by atoms with van der Waals surface area (Å²) in [6.45, 7) is 5.58. The Morgan fingerprint density at radius 3 is 2.36 bits per heavy atom. The van der Waals surface area contributed by atoms with Crippen LogP contribution in [0, 0.1) is 11.3 Å². The van der Waals surface area contributed by atoms with Crippen LogP contribution in [-0.2, 0) is 10.9 Å². The molecule has 7 nitrogen and oxygen atoms in total. The molecule has 1 spiro atoms. The molecule has 2 saturated heterocycles. The largest absolute Gasteiger partial charge is 0.451 e. The van der Waals surface area contributed by atoms with Gasteiger partial charge >= 0.3 is 12.3 Å². The molecule has 1 amide bonds. The van der Waals surface area contributed by atoms with E-state index in [2.05, 4.69) is 9.97 Å². The number of nitrogens with zero attached hydrogens (tertiary/aromatic N) is 5. The van der Waals surface area contributed by atoms with Gasteiger partial charge in [-0.3, -0.25) is 0 Å². The lowest BCUT2D eigenvalue weighted by Gasteiger charge is -2.46. The van der Waals surface area contributed by atoms with Crippen LogP contribution in [0.3, 0.4) is 0 Å². The first-order chi connectivity index (χ1) is 18.1. The van der Waals surface area contributed by atoms with Crippen LogP contribution in [0.15, 0.2) is 6.07 Å². The molecule has 1 unspecified atom stereocenters. The molecule has 1 atom stereocenters. The van der Waals surface area contributed by atoms with Gasteiger partial charge in [-0.15, -0.1) is 0 Å². The predicted molar refractivity (Wildman–Crippen MR) is 138 cm³/mol. The molecular weight excluding hydrogens is 521 g/mol. The van der Waals surface area contributed by atoms with E-state index in [1.54, 1.807) is 20.8 Å². The number of anilines is 2. The standard InChI is InChI=1S/C27H40F5N5O2/c1-24(2,3)39-23(38)36-14-12-26(28,29)19(17-36)16-35(4)20-15-21(34-22(33-20)27(30,31)32)37-13-8-11-25(18-37)9-6-5-7-10-25/h15,19H,5-14,16-18H2,1-4H3. The maximum absolute atomic E-state index is 14.9. The number of hydrogen-bond donors (Lipinski definition) is 0. The zero-order valence-corrected chi connectivity index (χ0v) is 23.3. The van der Waals surface area contributed by atoms with Crippen molar-refractivity contribution in [2.75, 3.05) is 49.6 Å². The van der Waals surface area contributed by atoms with Gasteiger partial charge in [-0.2, -0.15) is 13.2 Å². The first kappa shape index (κ1) is 29.6. The highest BCUT2D eigenvalue weighted by Crippen LogP contribution is 2.44. The summed E-state index contributed by atoms with van der Waals surface area (Å²) < 4.78 is 76.7. The van der Waals surface area contributed by atoms with E-state index in [0.717, 1.165) is 38.5 Å². The third-order valence-electron chi connectivity index (χ3n) is 8.14. The van der Waals surface area contributed by atoms with E-state index < -0.39 is 42.0 Å². The summed E-state index contributed by atoms with van der Waals surface area (Å²) >= 11 is 0. The van der Waals surface area contributed by atoms with E-state index in [1.807, 2.05) is 4.90 Å². The van der Waals surface area contributed by atoms with Crippen molar-refractivity contribution in [3.63, 3.8) is 0 Å². The smallest absolute Gasteiger partial charge is 0.444 e. The Bertz CT molecular complexity index is 1020. The lowest BCUT2D eigenvalue weighted by molar-refractivity contribution is -0.144. The summed E-state index contributed by atoms with van der Waals surface area (Å²) in [5, 5.41) is 0. The number of hydrogen-bond acceptors (Lipinski definition) is 6. The molecule has 0 N–H and O–H groups in total. The molecule has 220 valence electrons. The number of halogens is 5. The van der Waals surface area contributed by atoms with Crippen molar-refractivity contribution in [3.8, 4) is 0 Å². The molecule has 3 heterocycles. The fraction of sp³-hybridized carbons (Fsp3) is 0.815. The van der Waals surface area contributed by atoms with Gasteiger partial charge < -0.3 is 19.4 Å².